The molecule has 1 aliphatic rings. The van der Waals surface area contributed by atoms with Gasteiger partial charge in [0.1, 0.15) is 0 Å². The SMILES string of the molecule is O=C(/C=C/c1ccc(Cl)c(Cl)c1)NCCCCCN1CCC(c2[nH]nc3ccccc23)CC1. The molecule has 33 heavy (non-hydrogen) atoms. The molecule has 1 aromatic heterocycles. The molecular weight excluding hydrogens is 455 g/mol. The zero-order valence-electron chi connectivity index (χ0n) is 18.7. The van der Waals surface area contributed by atoms with Crippen molar-refractivity contribution in [1.82, 2.24) is 20.4 Å². The summed E-state index contributed by atoms with van der Waals surface area (Å²) in [7, 11) is 0. The molecule has 2 aromatic carbocycles. The molecule has 0 bridgehead atoms. The molecule has 4 rings (SSSR count). The van der Waals surface area contributed by atoms with Crippen molar-refractivity contribution in [3.63, 3.8) is 0 Å². The van der Waals surface area contributed by atoms with Crippen LogP contribution in [0.25, 0.3) is 17.0 Å². The number of para-hydroxylation sites is 1. The minimum absolute atomic E-state index is 0.0884. The molecule has 2 heterocycles. The Morgan fingerprint density at radius 3 is 2.73 bits per heavy atom. The van der Waals surface area contributed by atoms with E-state index >= 15 is 0 Å². The van der Waals surface area contributed by atoms with Crippen LogP contribution in [0.1, 0.15) is 49.3 Å². The van der Waals surface area contributed by atoms with E-state index in [2.05, 4.69) is 38.6 Å². The lowest BCUT2D eigenvalue weighted by molar-refractivity contribution is -0.116. The number of carbonyl (C=O) groups excluding carboxylic acids is 1. The lowest BCUT2D eigenvalue weighted by Crippen LogP contribution is -2.34. The molecule has 0 radical (unpaired) electrons. The predicted molar refractivity (Wildman–Crippen MR) is 137 cm³/mol. The molecule has 7 heteroatoms. The van der Waals surface area contributed by atoms with Gasteiger partial charge in [0.15, 0.2) is 0 Å². The zero-order chi connectivity index (χ0) is 23.0. The highest BCUT2D eigenvalue weighted by molar-refractivity contribution is 6.42. The molecule has 0 aliphatic carbocycles. The summed E-state index contributed by atoms with van der Waals surface area (Å²) in [5.74, 6) is 0.482. The topological polar surface area (TPSA) is 61.0 Å². The van der Waals surface area contributed by atoms with Crippen molar-refractivity contribution in [3.8, 4) is 0 Å². The van der Waals surface area contributed by atoms with E-state index < -0.39 is 0 Å². The number of H-pyrrole nitrogens is 1. The normalized spacial score (nSPS) is 15.5. The molecule has 1 amide bonds. The van der Waals surface area contributed by atoms with E-state index in [9.17, 15) is 4.79 Å². The second-order valence-electron chi connectivity index (χ2n) is 8.63. The average molecular weight is 485 g/mol. The van der Waals surface area contributed by atoms with Crippen LogP contribution in [-0.2, 0) is 4.79 Å². The largest absolute Gasteiger partial charge is 0.353 e. The average Bonchev–Trinajstić information content (AvgIpc) is 3.27. The number of likely N-dealkylation sites (tertiary alicyclic amines) is 1. The van der Waals surface area contributed by atoms with Gasteiger partial charge in [-0.3, -0.25) is 9.89 Å². The van der Waals surface area contributed by atoms with Crippen LogP contribution in [0.4, 0.5) is 0 Å². The van der Waals surface area contributed by atoms with Gasteiger partial charge in [0.05, 0.1) is 15.6 Å². The number of hydrogen-bond acceptors (Lipinski definition) is 3. The number of piperidine rings is 1. The smallest absolute Gasteiger partial charge is 0.243 e. The van der Waals surface area contributed by atoms with Gasteiger partial charge < -0.3 is 10.2 Å². The summed E-state index contributed by atoms with van der Waals surface area (Å²) in [5, 5.41) is 12.9. The summed E-state index contributed by atoms with van der Waals surface area (Å²) in [5.41, 5.74) is 3.21. The third-order valence-electron chi connectivity index (χ3n) is 6.31. The summed E-state index contributed by atoms with van der Waals surface area (Å²) < 4.78 is 0. The molecule has 5 nitrogen and oxygen atoms in total. The number of aromatic nitrogens is 2. The van der Waals surface area contributed by atoms with Crippen LogP contribution < -0.4 is 5.32 Å². The number of carbonyl (C=O) groups is 1. The summed E-state index contributed by atoms with van der Waals surface area (Å²) in [6, 6.07) is 13.7. The lowest BCUT2D eigenvalue weighted by atomic mass is 9.91. The van der Waals surface area contributed by atoms with Gasteiger partial charge in [0, 0.05) is 29.6 Å². The van der Waals surface area contributed by atoms with Gasteiger partial charge in [-0.1, -0.05) is 53.9 Å². The van der Waals surface area contributed by atoms with Crippen LogP contribution in [0.5, 0.6) is 0 Å². The van der Waals surface area contributed by atoms with Crippen molar-refractivity contribution >= 4 is 46.1 Å². The van der Waals surface area contributed by atoms with Gasteiger partial charge in [0.2, 0.25) is 5.91 Å². The van der Waals surface area contributed by atoms with Gasteiger partial charge in [-0.2, -0.15) is 5.10 Å². The Kier molecular flexibility index (Phi) is 8.43. The summed E-state index contributed by atoms with van der Waals surface area (Å²) >= 11 is 11.9. The number of halogens is 2. The van der Waals surface area contributed by atoms with Gasteiger partial charge >= 0.3 is 0 Å². The highest BCUT2D eigenvalue weighted by Gasteiger charge is 2.23. The van der Waals surface area contributed by atoms with E-state index in [0.717, 1.165) is 50.0 Å². The molecule has 174 valence electrons. The quantitative estimate of drug-likeness (QED) is 0.287. The van der Waals surface area contributed by atoms with E-state index in [1.807, 2.05) is 12.1 Å². The third kappa shape index (κ3) is 6.59. The Balaban J connectivity index is 1.09. The Morgan fingerprint density at radius 2 is 1.91 bits per heavy atom. The van der Waals surface area contributed by atoms with Crippen LogP contribution >= 0.6 is 23.2 Å². The number of aromatic amines is 1. The fourth-order valence-electron chi connectivity index (χ4n) is 4.43. The Labute approximate surface area is 205 Å². The Hall–Kier alpha value is -2.34. The molecule has 1 fully saturated rings. The predicted octanol–water partition coefficient (Wildman–Crippen LogP) is 6.05. The highest BCUT2D eigenvalue weighted by Crippen LogP contribution is 2.31. The van der Waals surface area contributed by atoms with Crippen LogP contribution in [0.3, 0.4) is 0 Å². The third-order valence-corrected chi connectivity index (χ3v) is 7.05. The zero-order valence-corrected chi connectivity index (χ0v) is 20.2. The maximum absolute atomic E-state index is 12.0. The molecule has 0 spiro atoms. The Morgan fingerprint density at radius 1 is 1.09 bits per heavy atom. The first-order valence-corrected chi connectivity index (χ1v) is 12.4. The lowest BCUT2D eigenvalue weighted by Gasteiger charge is -2.31. The van der Waals surface area contributed by atoms with E-state index in [-0.39, 0.29) is 5.91 Å². The molecule has 1 saturated heterocycles. The number of fused-ring (bicyclic) bond motifs is 1. The fourth-order valence-corrected chi connectivity index (χ4v) is 4.74. The number of unbranched alkanes of at least 4 members (excludes halogenated alkanes) is 2. The number of amides is 1. The molecule has 0 atom stereocenters. The van der Waals surface area contributed by atoms with Crippen molar-refractivity contribution in [2.75, 3.05) is 26.2 Å². The number of hydrogen-bond donors (Lipinski definition) is 2. The minimum atomic E-state index is -0.0884. The summed E-state index contributed by atoms with van der Waals surface area (Å²) in [4.78, 5) is 14.5. The molecule has 2 N–H and O–H groups in total. The molecule has 0 unspecified atom stereocenters. The van der Waals surface area contributed by atoms with Crippen molar-refractivity contribution in [2.24, 2.45) is 0 Å². The first-order valence-electron chi connectivity index (χ1n) is 11.7. The van der Waals surface area contributed by atoms with E-state index in [4.69, 9.17) is 23.2 Å². The number of nitrogens with zero attached hydrogens (tertiary/aromatic N) is 2. The van der Waals surface area contributed by atoms with E-state index in [0.29, 0.717) is 22.5 Å². The van der Waals surface area contributed by atoms with Gasteiger partial charge in [-0.05, 0) is 75.2 Å². The van der Waals surface area contributed by atoms with E-state index in [1.165, 1.54) is 30.0 Å². The fraction of sp³-hybridized carbons (Fsp3) is 0.385. The van der Waals surface area contributed by atoms with E-state index in [1.54, 1.807) is 18.2 Å². The molecule has 1 aliphatic heterocycles. The second kappa shape index (κ2) is 11.7. The number of rotatable bonds is 9. The molecule has 3 aromatic rings. The molecular formula is C26H30Cl2N4O. The first-order chi connectivity index (χ1) is 16.1. The maximum atomic E-state index is 12.0. The minimum Gasteiger partial charge on any atom is -0.353 e. The first kappa shape index (κ1) is 23.8. The summed E-state index contributed by atoms with van der Waals surface area (Å²) in [6.07, 6.45) is 8.89. The maximum Gasteiger partial charge on any atom is 0.243 e. The van der Waals surface area contributed by atoms with Crippen molar-refractivity contribution in [2.45, 2.75) is 38.0 Å². The Bertz CT molecular complexity index is 1100. The van der Waals surface area contributed by atoms with Crippen LogP contribution in [0, 0.1) is 0 Å². The second-order valence-corrected chi connectivity index (χ2v) is 9.44. The van der Waals surface area contributed by atoms with Crippen LogP contribution in [-0.4, -0.2) is 47.2 Å². The summed E-state index contributed by atoms with van der Waals surface area (Å²) in [6.45, 7) is 4.09. The number of nitrogens with one attached hydrogen (secondary N) is 2. The molecule has 0 saturated carbocycles. The van der Waals surface area contributed by atoms with Crippen LogP contribution in [0.15, 0.2) is 48.5 Å². The van der Waals surface area contributed by atoms with Crippen molar-refractivity contribution < 1.29 is 4.79 Å². The van der Waals surface area contributed by atoms with Crippen molar-refractivity contribution in [3.05, 3.63) is 69.8 Å². The van der Waals surface area contributed by atoms with Gasteiger partial charge in [0.25, 0.3) is 0 Å². The standard InChI is InChI=1S/C26H30Cl2N4O/c27-22-10-8-19(18-23(22)28)9-11-25(33)29-14-4-1-5-15-32-16-12-20(13-17-32)26-21-6-2-3-7-24(21)30-31-26/h2-3,6-11,18,20H,1,4-5,12-17H2,(H,29,33)(H,30,31)/b11-9+. The monoisotopic (exact) mass is 484 g/mol. The highest BCUT2D eigenvalue weighted by atomic mass is 35.5. The van der Waals surface area contributed by atoms with Crippen LogP contribution in [0.2, 0.25) is 10.0 Å². The van der Waals surface area contributed by atoms with Gasteiger partial charge in [-0.15, -0.1) is 0 Å². The van der Waals surface area contributed by atoms with Crippen molar-refractivity contribution in [1.29, 1.82) is 0 Å². The number of benzene rings is 2. The van der Waals surface area contributed by atoms with Gasteiger partial charge in [-0.25, -0.2) is 0 Å².